The molecule has 0 amide bonds. The van der Waals surface area contributed by atoms with Crippen molar-refractivity contribution in [2.75, 3.05) is 20.1 Å². The van der Waals surface area contributed by atoms with Crippen LogP contribution in [0.1, 0.15) is 52.4 Å². The smallest absolute Gasteiger partial charge is 0.0512 e. The molecule has 0 fully saturated rings. The monoisotopic (exact) mass is 201 g/mol. The van der Waals surface area contributed by atoms with Gasteiger partial charge in [0.05, 0.1) is 6.10 Å². The maximum absolute atomic E-state index is 9.09. The van der Waals surface area contributed by atoms with Gasteiger partial charge < -0.3 is 10.0 Å². The number of unbranched alkanes of at least 4 members (excludes halogenated alkanes) is 3. The molecule has 0 aliphatic carbocycles. The lowest BCUT2D eigenvalue weighted by Crippen LogP contribution is -2.21. The van der Waals surface area contributed by atoms with E-state index in [-0.39, 0.29) is 6.10 Å². The molecule has 0 saturated heterocycles. The highest BCUT2D eigenvalue weighted by Gasteiger charge is 1.99. The van der Waals surface area contributed by atoms with E-state index < -0.39 is 0 Å². The van der Waals surface area contributed by atoms with E-state index in [1.165, 1.54) is 32.2 Å². The Hall–Kier alpha value is -0.0800. The van der Waals surface area contributed by atoms with E-state index in [9.17, 15) is 0 Å². The molecule has 0 aromatic heterocycles. The highest BCUT2D eigenvalue weighted by Crippen LogP contribution is 2.02. The minimum Gasteiger partial charge on any atom is -0.393 e. The van der Waals surface area contributed by atoms with E-state index in [2.05, 4.69) is 18.9 Å². The van der Waals surface area contributed by atoms with Crippen molar-refractivity contribution >= 4 is 0 Å². The molecule has 2 heteroatoms. The van der Waals surface area contributed by atoms with Crippen LogP contribution in [-0.2, 0) is 0 Å². The van der Waals surface area contributed by atoms with Gasteiger partial charge in [0, 0.05) is 0 Å². The van der Waals surface area contributed by atoms with Crippen LogP contribution in [0.3, 0.4) is 0 Å². The number of aliphatic hydroxyl groups excluding tert-OH is 1. The fraction of sp³-hybridized carbons (Fsp3) is 1.00. The van der Waals surface area contributed by atoms with Gasteiger partial charge in [-0.3, -0.25) is 0 Å². The molecule has 1 atom stereocenters. The lowest BCUT2D eigenvalue weighted by molar-refractivity contribution is 0.174. The summed E-state index contributed by atoms with van der Waals surface area (Å²) in [4.78, 5) is 2.37. The van der Waals surface area contributed by atoms with Crippen LogP contribution in [0.5, 0.6) is 0 Å². The first-order chi connectivity index (χ1) is 6.66. The van der Waals surface area contributed by atoms with Gasteiger partial charge >= 0.3 is 0 Å². The van der Waals surface area contributed by atoms with Gasteiger partial charge in [0.15, 0.2) is 0 Å². The Labute approximate surface area is 89.3 Å². The van der Waals surface area contributed by atoms with Gasteiger partial charge in [-0.2, -0.15) is 0 Å². The highest BCUT2D eigenvalue weighted by atomic mass is 16.3. The van der Waals surface area contributed by atoms with E-state index in [0.29, 0.717) is 0 Å². The molecule has 0 spiro atoms. The number of hydrogen-bond donors (Lipinski definition) is 1. The van der Waals surface area contributed by atoms with Gasteiger partial charge in [0.2, 0.25) is 0 Å². The fourth-order valence-electron chi connectivity index (χ4n) is 1.58. The maximum Gasteiger partial charge on any atom is 0.0512 e. The second kappa shape index (κ2) is 9.47. The second-order valence-electron chi connectivity index (χ2n) is 4.36. The first-order valence-corrected chi connectivity index (χ1v) is 6.03. The zero-order chi connectivity index (χ0) is 10.8. The van der Waals surface area contributed by atoms with Crippen molar-refractivity contribution in [3.63, 3.8) is 0 Å². The molecule has 0 aromatic carbocycles. The molecule has 2 nitrogen and oxygen atoms in total. The lowest BCUT2D eigenvalue weighted by Gasteiger charge is -2.16. The van der Waals surface area contributed by atoms with Crippen molar-refractivity contribution in [2.45, 2.75) is 58.5 Å². The standard InChI is InChI=1S/C12H27NO/c1-4-5-6-7-10-13(3)11-8-9-12(2)14/h12,14H,4-11H2,1-3H3. The zero-order valence-electron chi connectivity index (χ0n) is 10.1. The first-order valence-electron chi connectivity index (χ1n) is 6.03. The van der Waals surface area contributed by atoms with Crippen LogP contribution in [-0.4, -0.2) is 36.2 Å². The molecular weight excluding hydrogens is 174 g/mol. The van der Waals surface area contributed by atoms with E-state index in [4.69, 9.17) is 5.11 Å². The van der Waals surface area contributed by atoms with Crippen LogP contribution in [0.25, 0.3) is 0 Å². The average molecular weight is 201 g/mol. The van der Waals surface area contributed by atoms with E-state index in [1.54, 1.807) is 0 Å². The van der Waals surface area contributed by atoms with Crippen LogP contribution in [0, 0.1) is 0 Å². The minimum absolute atomic E-state index is 0.136. The van der Waals surface area contributed by atoms with Gasteiger partial charge in [-0.1, -0.05) is 26.2 Å². The Morgan fingerprint density at radius 3 is 2.29 bits per heavy atom. The van der Waals surface area contributed by atoms with Crippen molar-refractivity contribution in [2.24, 2.45) is 0 Å². The SMILES string of the molecule is CCCCCCN(C)CCCC(C)O. The zero-order valence-corrected chi connectivity index (χ0v) is 10.1. The largest absolute Gasteiger partial charge is 0.393 e. The van der Waals surface area contributed by atoms with Crippen LogP contribution in [0.15, 0.2) is 0 Å². The minimum atomic E-state index is -0.136. The summed E-state index contributed by atoms with van der Waals surface area (Å²) in [7, 11) is 2.17. The molecule has 0 aliphatic rings. The summed E-state index contributed by atoms with van der Waals surface area (Å²) in [6, 6.07) is 0. The summed E-state index contributed by atoms with van der Waals surface area (Å²) in [5.41, 5.74) is 0. The van der Waals surface area contributed by atoms with Gasteiger partial charge in [-0.15, -0.1) is 0 Å². The molecule has 0 heterocycles. The van der Waals surface area contributed by atoms with E-state index in [1.807, 2.05) is 6.92 Å². The van der Waals surface area contributed by atoms with Crippen LogP contribution in [0.4, 0.5) is 0 Å². The van der Waals surface area contributed by atoms with Crippen LogP contribution >= 0.6 is 0 Å². The second-order valence-corrected chi connectivity index (χ2v) is 4.36. The predicted octanol–water partition coefficient (Wildman–Crippen LogP) is 2.66. The first kappa shape index (κ1) is 13.9. The third-order valence-corrected chi connectivity index (χ3v) is 2.56. The topological polar surface area (TPSA) is 23.5 Å². The summed E-state index contributed by atoms with van der Waals surface area (Å²) >= 11 is 0. The molecule has 86 valence electrons. The molecule has 0 radical (unpaired) electrons. The molecule has 1 N–H and O–H groups in total. The van der Waals surface area contributed by atoms with Crippen molar-refractivity contribution in [3.8, 4) is 0 Å². The van der Waals surface area contributed by atoms with Crippen molar-refractivity contribution in [1.82, 2.24) is 4.90 Å². The van der Waals surface area contributed by atoms with E-state index in [0.717, 1.165) is 19.4 Å². The number of aliphatic hydroxyl groups is 1. The molecule has 0 bridgehead atoms. The quantitative estimate of drug-likeness (QED) is 0.580. The Balaban J connectivity index is 3.15. The molecule has 0 aliphatic heterocycles. The maximum atomic E-state index is 9.09. The molecule has 0 saturated carbocycles. The van der Waals surface area contributed by atoms with Gasteiger partial charge in [0.25, 0.3) is 0 Å². The predicted molar refractivity (Wildman–Crippen MR) is 62.6 cm³/mol. The van der Waals surface area contributed by atoms with Crippen LogP contribution < -0.4 is 0 Å². The average Bonchev–Trinajstić information content (AvgIpc) is 2.12. The Morgan fingerprint density at radius 2 is 1.71 bits per heavy atom. The van der Waals surface area contributed by atoms with Gasteiger partial charge in [0.1, 0.15) is 0 Å². The molecule has 0 aromatic rings. The van der Waals surface area contributed by atoms with Crippen molar-refractivity contribution in [3.05, 3.63) is 0 Å². The molecule has 1 unspecified atom stereocenters. The Morgan fingerprint density at radius 1 is 1.07 bits per heavy atom. The summed E-state index contributed by atoms with van der Waals surface area (Å²) in [5.74, 6) is 0. The van der Waals surface area contributed by atoms with Gasteiger partial charge in [-0.25, -0.2) is 0 Å². The van der Waals surface area contributed by atoms with Crippen LogP contribution in [0.2, 0.25) is 0 Å². The third-order valence-electron chi connectivity index (χ3n) is 2.56. The number of rotatable bonds is 9. The summed E-state index contributed by atoms with van der Waals surface area (Å²) < 4.78 is 0. The normalized spacial score (nSPS) is 13.5. The summed E-state index contributed by atoms with van der Waals surface area (Å²) in [6.07, 6.45) is 7.26. The third kappa shape index (κ3) is 10.0. The van der Waals surface area contributed by atoms with E-state index >= 15 is 0 Å². The molecule has 0 rings (SSSR count). The van der Waals surface area contributed by atoms with Crippen molar-refractivity contribution in [1.29, 1.82) is 0 Å². The summed E-state index contributed by atoms with van der Waals surface area (Å²) in [6.45, 7) is 6.43. The summed E-state index contributed by atoms with van der Waals surface area (Å²) in [5, 5.41) is 9.09. The fourth-order valence-corrected chi connectivity index (χ4v) is 1.58. The number of nitrogens with zero attached hydrogens (tertiary/aromatic N) is 1. The molecular formula is C12H27NO. The lowest BCUT2D eigenvalue weighted by atomic mass is 10.2. The molecule has 14 heavy (non-hydrogen) atoms. The number of hydrogen-bond acceptors (Lipinski definition) is 2. The Kier molecular flexibility index (Phi) is 9.42. The Bertz CT molecular complexity index is 115. The highest BCUT2D eigenvalue weighted by molar-refractivity contribution is 4.55. The van der Waals surface area contributed by atoms with Gasteiger partial charge in [-0.05, 0) is 46.3 Å². The van der Waals surface area contributed by atoms with Crippen molar-refractivity contribution < 1.29 is 5.11 Å².